The second kappa shape index (κ2) is 7.45. The number of rotatable bonds is 4. The van der Waals surface area contributed by atoms with E-state index < -0.39 is 5.54 Å². The van der Waals surface area contributed by atoms with E-state index in [1.54, 1.807) is 23.2 Å². The number of hydrogen-bond acceptors (Lipinski definition) is 5. The summed E-state index contributed by atoms with van der Waals surface area (Å²) in [5.41, 5.74) is 7.27. The van der Waals surface area contributed by atoms with E-state index in [4.69, 9.17) is 10.7 Å². The normalized spacial score (nSPS) is 15.1. The molecule has 3 N–H and O–H groups in total. The van der Waals surface area contributed by atoms with E-state index in [-0.39, 0.29) is 18.3 Å². The summed E-state index contributed by atoms with van der Waals surface area (Å²) in [6, 6.07) is 12.1. The molecule has 0 aliphatic carbocycles. The SMILES string of the molecule is CC1(C)c2nc(-c3ccc(F)cc3)c(Nc3cccc4nccn34)n2CCN1C(=O)CN. The highest BCUT2D eigenvalue weighted by atomic mass is 19.1. The number of benzene rings is 1. The van der Waals surface area contributed by atoms with Crippen LogP contribution in [0.1, 0.15) is 19.7 Å². The molecular weight excluding hydrogens is 409 g/mol. The van der Waals surface area contributed by atoms with Crippen molar-refractivity contribution in [3.8, 4) is 11.3 Å². The zero-order valence-corrected chi connectivity index (χ0v) is 17.9. The topological polar surface area (TPSA) is 93.5 Å². The Labute approximate surface area is 184 Å². The van der Waals surface area contributed by atoms with E-state index >= 15 is 0 Å². The number of halogens is 1. The molecule has 3 aromatic heterocycles. The largest absolute Gasteiger partial charge is 0.327 e. The molecule has 0 fully saturated rings. The van der Waals surface area contributed by atoms with Crippen molar-refractivity contribution in [2.24, 2.45) is 5.73 Å². The molecule has 0 unspecified atom stereocenters. The van der Waals surface area contributed by atoms with Crippen LogP contribution in [0.4, 0.5) is 16.0 Å². The Morgan fingerprint density at radius 3 is 2.72 bits per heavy atom. The molecule has 1 aliphatic heterocycles. The highest BCUT2D eigenvalue weighted by Gasteiger charge is 2.41. The fraction of sp³-hybridized carbons (Fsp3) is 0.261. The Hall–Kier alpha value is -3.72. The van der Waals surface area contributed by atoms with Crippen LogP contribution in [0.3, 0.4) is 0 Å². The first-order chi connectivity index (χ1) is 15.4. The summed E-state index contributed by atoms with van der Waals surface area (Å²) in [6.45, 7) is 4.95. The summed E-state index contributed by atoms with van der Waals surface area (Å²) >= 11 is 0. The lowest BCUT2D eigenvalue weighted by Gasteiger charge is -2.42. The number of carbonyl (C=O) groups excluding carboxylic acids is 1. The van der Waals surface area contributed by atoms with Gasteiger partial charge in [-0.2, -0.15) is 0 Å². The van der Waals surface area contributed by atoms with Gasteiger partial charge < -0.3 is 20.5 Å². The van der Waals surface area contributed by atoms with Crippen molar-refractivity contribution in [1.29, 1.82) is 0 Å². The highest BCUT2D eigenvalue weighted by molar-refractivity contribution is 5.80. The van der Waals surface area contributed by atoms with Crippen LogP contribution in [0, 0.1) is 5.82 Å². The van der Waals surface area contributed by atoms with Crippen LogP contribution in [0.2, 0.25) is 0 Å². The molecule has 32 heavy (non-hydrogen) atoms. The van der Waals surface area contributed by atoms with Crippen LogP contribution in [0.25, 0.3) is 16.9 Å². The first-order valence-corrected chi connectivity index (χ1v) is 10.5. The van der Waals surface area contributed by atoms with Gasteiger partial charge in [-0.1, -0.05) is 6.07 Å². The number of pyridine rings is 1. The van der Waals surface area contributed by atoms with Crippen LogP contribution in [-0.4, -0.2) is 42.8 Å². The lowest BCUT2D eigenvalue weighted by Crippen LogP contribution is -2.53. The van der Waals surface area contributed by atoms with Gasteiger partial charge in [0.05, 0.1) is 12.1 Å². The van der Waals surface area contributed by atoms with Gasteiger partial charge >= 0.3 is 0 Å². The highest BCUT2D eigenvalue weighted by Crippen LogP contribution is 2.39. The van der Waals surface area contributed by atoms with Crippen molar-refractivity contribution < 1.29 is 9.18 Å². The smallest absolute Gasteiger partial charge is 0.237 e. The predicted octanol–water partition coefficient (Wildman–Crippen LogP) is 3.12. The van der Waals surface area contributed by atoms with Crippen LogP contribution in [-0.2, 0) is 16.9 Å². The van der Waals surface area contributed by atoms with Crippen LogP contribution >= 0.6 is 0 Å². The molecule has 5 rings (SSSR count). The van der Waals surface area contributed by atoms with Gasteiger partial charge in [0, 0.05) is 31.0 Å². The monoisotopic (exact) mass is 433 g/mol. The summed E-state index contributed by atoms with van der Waals surface area (Å²) in [7, 11) is 0. The van der Waals surface area contributed by atoms with Crippen molar-refractivity contribution in [3.63, 3.8) is 0 Å². The third-order valence-corrected chi connectivity index (χ3v) is 6.00. The van der Waals surface area contributed by atoms with E-state index in [1.807, 2.05) is 42.6 Å². The Morgan fingerprint density at radius 2 is 1.97 bits per heavy atom. The molecule has 0 bridgehead atoms. The van der Waals surface area contributed by atoms with Gasteiger partial charge in [0.2, 0.25) is 5.91 Å². The molecule has 8 nitrogen and oxygen atoms in total. The zero-order chi connectivity index (χ0) is 22.5. The Kier molecular flexibility index (Phi) is 4.70. The van der Waals surface area contributed by atoms with Crippen molar-refractivity contribution in [2.75, 3.05) is 18.4 Å². The number of carbonyl (C=O) groups is 1. The number of aromatic nitrogens is 4. The van der Waals surface area contributed by atoms with Crippen molar-refractivity contribution in [1.82, 2.24) is 23.8 Å². The van der Waals surface area contributed by atoms with Gasteiger partial charge in [-0.3, -0.25) is 9.20 Å². The number of nitrogens with one attached hydrogen (secondary N) is 1. The van der Waals surface area contributed by atoms with Gasteiger partial charge in [-0.25, -0.2) is 14.4 Å². The number of nitrogens with two attached hydrogens (primary N) is 1. The molecule has 9 heteroatoms. The first kappa shape index (κ1) is 20.2. The van der Waals surface area contributed by atoms with Gasteiger partial charge in [-0.15, -0.1) is 0 Å². The molecule has 1 aliphatic rings. The molecule has 0 spiro atoms. The van der Waals surface area contributed by atoms with Crippen LogP contribution in [0.5, 0.6) is 0 Å². The maximum Gasteiger partial charge on any atom is 0.237 e. The van der Waals surface area contributed by atoms with Crippen molar-refractivity contribution in [3.05, 3.63) is 66.5 Å². The van der Waals surface area contributed by atoms with Crippen LogP contribution < -0.4 is 11.1 Å². The minimum Gasteiger partial charge on any atom is -0.327 e. The molecule has 4 aromatic rings. The number of fused-ring (bicyclic) bond motifs is 2. The average Bonchev–Trinajstić information content (AvgIpc) is 3.40. The number of imidazole rings is 2. The van der Waals surface area contributed by atoms with E-state index in [9.17, 15) is 9.18 Å². The van der Waals surface area contributed by atoms with Crippen molar-refractivity contribution in [2.45, 2.75) is 25.9 Å². The molecule has 4 heterocycles. The lowest BCUT2D eigenvalue weighted by molar-refractivity contribution is -0.137. The average molecular weight is 433 g/mol. The van der Waals surface area contributed by atoms with E-state index in [1.165, 1.54) is 12.1 Å². The summed E-state index contributed by atoms with van der Waals surface area (Å²) in [5.74, 6) is 1.91. The Balaban J connectivity index is 1.68. The first-order valence-electron chi connectivity index (χ1n) is 10.5. The quantitative estimate of drug-likeness (QED) is 0.516. The maximum absolute atomic E-state index is 13.6. The molecular formula is C23H24FN7O. The Bertz CT molecular complexity index is 1310. The third kappa shape index (κ3) is 3.13. The van der Waals surface area contributed by atoms with Crippen molar-refractivity contribution >= 4 is 23.2 Å². The minimum atomic E-state index is -0.662. The van der Waals surface area contributed by atoms with Gasteiger partial charge in [0.1, 0.15) is 34.6 Å². The summed E-state index contributed by atoms with van der Waals surface area (Å²) < 4.78 is 17.7. The summed E-state index contributed by atoms with van der Waals surface area (Å²) in [6.07, 6.45) is 3.63. The number of nitrogens with zero attached hydrogens (tertiary/aromatic N) is 5. The molecule has 0 radical (unpaired) electrons. The molecule has 164 valence electrons. The molecule has 0 saturated carbocycles. The second-order valence-electron chi connectivity index (χ2n) is 8.29. The second-order valence-corrected chi connectivity index (χ2v) is 8.29. The van der Waals surface area contributed by atoms with Gasteiger partial charge in [-0.05, 0) is 50.2 Å². The van der Waals surface area contributed by atoms with E-state index in [0.717, 1.165) is 28.7 Å². The number of amides is 1. The summed E-state index contributed by atoms with van der Waals surface area (Å²) in [5, 5.41) is 3.52. The fourth-order valence-corrected chi connectivity index (χ4v) is 4.39. The molecule has 0 saturated heterocycles. The zero-order valence-electron chi connectivity index (χ0n) is 17.9. The van der Waals surface area contributed by atoms with Gasteiger partial charge in [0.15, 0.2) is 0 Å². The van der Waals surface area contributed by atoms with Gasteiger partial charge in [0.25, 0.3) is 0 Å². The number of hydrogen-bond donors (Lipinski definition) is 2. The molecule has 0 atom stereocenters. The predicted molar refractivity (Wildman–Crippen MR) is 120 cm³/mol. The molecule has 1 aromatic carbocycles. The van der Waals surface area contributed by atoms with E-state index in [0.29, 0.717) is 18.8 Å². The van der Waals surface area contributed by atoms with E-state index in [2.05, 4.69) is 14.9 Å². The van der Waals surface area contributed by atoms with Crippen LogP contribution in [0.15, 0.2) is 54.9 Å². The lowest BCUT2D eigenvalue weighted by atomic mass is 9.99. The number of anilines is 2. The standard InChI is InChI=1S/C23H24FN7O/c1-23(2)22-28-20(15-6-8-16(24)9-7-15)21(30(22)12-13-31(23)19(32)14-25)27-18-5-3-4-17-26-10-11-29(17)18/h3-11,27H,12-14,25H2,1-2H3. The summed E-state index contributed by atoms with van der Waals surface area (Å²) in [4.78, 5) is 23.6. The molecule has 1 amide bonds. The third-order valence-electron chi connectivity index (χ3n) is 6.00. The maximum atomic E-state index is 13.6. The Morgan fingerprint density at radius 1 is 1.19 bits per heavy atom. The fourth-order valence-electron chi connectivity index (χ4n) is 4.39. The minimum absolute atomic E-state index is 0.0529.